The summed E-state index contributed by atoms with van der Waals surface area (Å²) in [4.78, 5) is 10.7. The Labute approximate surface area is 76.4 Å². The van der Waals surface area contributed by atoms with Crippen molar-refractivity contribution in [2.45, 2.75) is 25.3 Å². The fourth-order valence-corrected chi connectivity index (χ4v) is 1.67. The van der Waals surface area contributed by atoms with Gasteiger partial charge in [0.05, 0.1) is 5.69 Å². The molecule has 1 aromatic rings. The number of nitrogens with zero attached hydrogens (tertiary/aromatic N) is 1. The van der Waals surface area contributed by atoms with Gasteiger partial charge in [-0.3, -0.25) is 4.79 Å². The predicted octanol–water partition coefficient (Wildman–Crippen LogP) is 0.0644. The number of hydrogen-bond acceptors (Lipinski definition) is 3. The van der Waals surface area contributed by atoms with Crippen LogP contribution in [0.4, 0.5) is 0 Å². The fraction of sp³-hybridized carbons (Fsp3) is 0.556. The van der Waals surface area contributed by atoms with Crippen LogP contribution in [0.15, 0.2) is 16.9 Å². The van der Waals surface area contributed by atoms with Gasteiger partial charge in [-0.2, -0.15) is 5.10 Å². The van der Waals surface area contributed by atoms with E-state index in [1.165, 1.54) is 18.9 Å². The van der Waals surface area contributed by atoms with Gasteiger partial charge in [-0.25, -0.2) is 5.10 Å². The van der Waals surface area contributed by atoms with Gasteiger partial charge in [0.2, 0.25) is 0 Å². The third-order valence-corrected chi connectivity index (χ3v) is 2.35. The van der Waals surface area contributed by atoms with E-state index in [9.17, 15) is 4.79 Å². The molecule has 0 spiro atoms. The highest BCUT2D eigenvalue weighted by Crippen LogP contribution is 2.08. The first-order valence-corrected chi connectivity index (χ1v) is 4.62. The Morgan fingerprint density at radius 2 is 2.46 bits per heavy atom. The molecule has 1 aliphatic heterocycles. The van der Waals surface area contributed by atoms with Crippen LogP contribution in [-0.2, 0) is 6.42 Å². The first-order chi connectivity index (χ1) is 6.34. The van der Waals surface area contributed by atoms with Gasteiger partial charge in [0.25, 0.3) is 5.56 Å². The fourth-order valence-electron chi connectivity index (χ4n) is 1.67. The van der Waals surface area contributed by atoms with E-state index in [4.69, 9.17) is 0 Å². The lowest BCUT2D eigenvalue weighted by molar-refractivity contribution is 0.590. The maximum Gasteiger partial charge on any atom is 0.264 e. The van der Waals surface area contributed by atoms with Gasteiger partial charge in [0.1, 0.15) is 0 Å². The monoisotopic (exact) mass is 179 g/mol. The molecule has 1 fully saturated rings. The standard InChI is InChI=1S/C9H13N3O/c13-9-4-3-8(11-12-9)6-7-2-1-5-10-7/h3-4,7,10H,1-2,5-6H2,(H,12,13). The highest BCUT2D eigenvalue weighted by atomic mass is 16.1. The second kappa shape index (κ2) is 3.70. The van der Waals surface area contributed by atoms with Gasteiger partial charge in [-0.15, -0.1) is 0 Å². The summed E-state index contributed by atoms with van der Waals surface area (Å²) in [6, 6.07) is 3.86. The Morgan fingerprint density at radius 3 is 3.08 bits per heavy atom. The van der Waals surface area contributed by atoms with Crippen molar-refractivity contribution in [3.8, 4) is 0 Å². The number of rotatable bonds is 2. The molecule has 1 atom stereocenters. The van der Waals surface area contributed by atoms with Crippen LogP contribution in [0.2, 0.25) is 0 Å². The molecule has 1 aliphatic rings. The first kappa shape index (κ1) is 8.44. The van der Waals surface area contributed by atoms with E-state index in [2.05, 4.69) is 15.5 Å². The molecule has 2 N–H and O–H groups in total. The first-order valence-electron chi connectivity index (χ1n) is 4.62. The van der Waals surface area contributed by atoms with Crippen LogP contribution < -0.4 is 10.9 Å². The lowest BCUT2D eigenvalue weighted by Crippen LogP contribution is -2.24. The maximum atomic E-state index is 10.7. The lowest BCUT2D eigenvalue weighted by atomic mass is 10.1. The molecule has 0 saturated carbocycles. The zero-order valence-corrected chi connectivity index (χ0v) is 7.42. The van der Waals surface area contributed by atoms with Crippen molar-refractivity contribution in [1.82, 2.24) is 15.5 Å². The molecule has 1 unspecified atom stereocenters. The number of hydrogen-bond donors (Lipinski definition) is 2. The molecule has 70 valence electrons. The van der Waals surface area contributed by atoms with Crippen molar-refractivity contribution in [1.29, 1.82) is 0 Å². The van der Waals surface area contributed by atoms with Crippen LogP contribution >= 0.6 is 0 Å². The summed E-state index contributed by atoms with van der Waals surface area (Å²) in [5, 5.41) is 9.79. The Balaban J connectivity index is 2.00. The number of nitrogens with one attached hydrogen (secondary N) is 2. The maximum absolute atomic E-state index is 10.7. The van der Waals surface area contributed by atoms with Gasteiger partial charge in [0.15, 0.2) is 0 Å². The molecule has 0 amide bonds. The van der Waals surface area contributed by atoms with Crippen molar-refractivity contribution in [3.63, 3.8) is 0 Å². The highest BCUT2D eigenvalue weighted by molar-refractivity contribution is 5.02. The molecule has 0 bridgehead atoms. The van der Waals surface area contributed by atoms with Crippen LogP contribution in [0, 0.1) is 0 Å². The normalized spacial score (nSPS) is 22.0. The van der Waals surface area contributed by atoms with Crippen molar-refractivity contribution < 1.29 is 0 Å². The van der Waals surface area contributed by atoms with Crippen molar-refractivity contribution >= 4 is 0 Å². The van der Waals surface area contributed by atoms with Gasteiger partial charge < -0.3 is 5.32 Å². The molecule has 13 heavy (non-hydrogen) atoms. The summed E-state index contributed by atoms with van der Waals surface area (Å²) >= 11 is 0. The number of H-pyrrole nitrogens is 1. The topological polar surface area (TPSA) is 57.8 Å². The van der Waals surface area contributed by atoms with Crippen LogP contribution in [-0.4, -0.2) is 22.8 Å². The van der Waals surface area contributed by atoms with Gasteiger partial charge >= 0.3 is 0 Å². The molecular formula is C9H13N3O. The minimum atomic E-state index is -0.136. The molecule has 0 radical (unpaired) electrons. The van der Waals surface area contributed by atoms with Crippen LogP contribution in [0.1, 0.15) is 18.5 Å². The van der Waals surface area contributed by atoms with Gasteiger partial charge in [0, 0.05) is 18.5 Å². The average Bonchev–Trinajstić information content (AvgIpc) is 2.62. The number of aromatic nitrogens is 2. The Bertz CT molecular complexity index is 307. The Hall–Kier alpha value is -1.16. The third kappa shape index (κ3) is 2.15. The molecule has 4 nitrogen and oxygen atoms in total. The average molecular weight is 179 g/mol. The summed E-state index contributed by atoms with van der Waals surface area (Å²) < 4.78 is 0. The Morgan fingerprint density at radius 1 is 1.54 bits per heavy atom. The highest BCUT2D eigenvalue weighted by Gasteiger charge is 2.14. The Kier molecular flexibility index (Phi) is 2.40. The second-order valence-corrected chi connectivity index (χ2v) is 3.41. The van der Waals surface area contributed by atoms with E-state index in [1.807, 2.05) is 0 Å². The van der Waals surface area contributed by atoms with Gasteiger partial charge in [-0.1, -0.05) is 0 Å². The van der Waals surface area contributed by atoms with Crippen LogP contribution in [0.5, 0.6) is 0 Å². The largest absolute Gasteiger partial charge is 0.314 e. The molecule has 0 aromatic carbocycles. The molecule has 4 heteroatoms. The van der Waals surface area contributed by atoms with Crippen molar-refractivity contribution in [2.75, 3.05) is 6.54 Å². The van der Waals surface area contributed by atoms with E-state index >= 15 is 0 Å². The second-order valence-electron chi connectivity index (χ2n) is 3.41. The summed E-state index contributed by atoms with van der Waals surface area (Å²) in [6.07, 6.45) is 3.37. The smallest absolute Gasteiger partial charge is 0.264 e. The van der Waals surface area contributed by atoms with Crippen molar-refractivity contribution in [3.05, 3.63) is 28.2 Å². The minimum absolute atomic E-state index is 0.136. The quantitative estimate of drug-likeness (QED) is 0.675. The lowest BCUT2D eigenvalue weighted by Gasteiger charge is -2.07. The summed E-state index contributed by atoms with van der Waals surface area (Å²) in [5.41, 5.74) is 0.821. The third-order valence-electron chi connectivity index (χ3n) is 2.35. The predicted molar refractivity (Wildman–Crippen MR) is 49.6 cm³/mol. The van der Waals surface area contributed by atoms with Crippen molar-refractivity contribution in [2.24, 2.45) is 0 Å². The molecule has 0 aliphatic carbocycles. The number of aromatic amines is 1. The SMILES string of the molecule is O=c1ccc(CC2CCCN2)n[nH]1. The van der Waals surface area contributed by atoms with E-state index in [-0.39, 0.29) is 5.56 Å². The van der Waals surface area contributed by atoms with Gasteiger partial charge in [-0.05, 0) is 25.5 Å². The van der Waals surface area contributed by atoms with E-state index in [0.29, 0.717) is 6.04 Å². The zero-order chi connectivity index (χ0) is 9.10. The van der Waals surface area contributed by atoms with E-state index < -0.39 is 0 Å². The molecular weight excluding hydrogens is 166 g/mol. The van der Waals surface area contributed by atoms with Crippen LogP contribution in [0.25, 0.3) is 0 Å². The molecule has 2 rings (SSSR count). The van der Waals surface area contributed by atoms with E-state index in [1.54, 1.807) is 6.07 Å². The van der Waals surface area contributed by atoms with Crippen LogP contribution in [0.3, 0.4) is 0 Å². The summed E-state index contributed by atoms with van der Waals surface area (Å²) in [7, 11) is 0. The van der Waals surface area contributed by atoms with E-state index in [0.717, 1.165) is 18.7 Å². The molecule has 1 saturated heterocycles. The summed E-state index contributed by atoms with van der Waals surface area (Å²) in [6.45, 7) is 1.11. The minimum Gasteiger partial charge on any atom is -0.314 e. The molecule has 1 aromatic heterocycles. The zero-order valence-electron chi connectivity index (χ0n) is 7.42. The summed E-state index contributed by atoms with van der Waals surface area (Å²) in [5.74, 6) is 0. The molecule has 2 heterocycles.